The Hall–Kier alpha value is -0.890. The summed E-state index contributed by atoms with van der Waals surface area (Å²) < 4.78 is 12.7. The minimum absolute atomic E-state index is 0.161. The van der Waals surface area contributed by atoms with Crippen LogP contribution < -0.4 is 5.32 Å². The van der Waals surface area contributed by atoms with Crippen molar-refractivity contribution in [1.82, 2.24) is 5.32 Å². The standard InChI is InChI=1S/C14H20FN/c1-14(8-2-3-9-14)11-16-10-12-4-6-13(15)7-5-12/h4-7,16H,2-3,8-11H2,1H3. The average molecular weight is 221 g/mol. The number of benzene rings is 1. The van der Waals surface area contributed by atoms with Gasteiger partial charge in [0.05, 0.1) is 0 Å². The van der Waals surface area contributed by atoms with Crippen molar-refractivity contribution in [3.8, 4) is 0 Å². The van der Waals surface area contributed by atoms with Crippen molar-refractivity contribution in [3.05, 3.63) is 35.6 Å². The lowest BCUT2D eigenvalue weighted by molar-refractivity contribution is 0.314. The van der Waals surface area contributed by atoms with Crippen LogP contribution in [0.15, 0.2) is 24.3 Å². The van der Waals surface area contributed by atoms with E-state index in [9.17, 15) is 4.39 Å². The van der Waals surface area contributed by atoms with Gasteiger partial charge in [0.1, 0.15) is 5.82 Å². The first-order chi connectivity index (χ1) is 7.68. The molecule has 2 heteroatoms. The van der Waals surface area contributed by atoms with Gasteiger partial charge < -0.3 is 5.32 Å². The van der Waals surface area contributed by atoms with Crippen LogP contribution in [0, 0.1) is 11.2 Å². The third-order valence-electron chi connectivity index (χ3n) is 3.60. The highest BCUT2D eigenvalue weighted by molar-refractivity contribution is 5.15. The van der Waals surface area contributed by atoms with Crippen LogP contribution in [0.5, 0.6) is 0 Å². The quantitative estimate of drug-likeness (QED) is 0.820. The van der Waals surface area contributed by atoms with Crippen molar-refractivity contribution in [2.24, 2.45) is 5.41 Å². The fourth-order valence-corrected chi connectivity index (χ4v) is 2.52. The molecule has 0 heterocycles. The van der Waals surface area contributed by atoms with Gasteiger partial charge in [0.15, 0.2) is 0 Å². The molecule has 0 spiro atoms. The monoisotopic (exact) mass is 221 g/mol. The van der Waals surface area contributed by atoms with Crippen molar-refractivity contribution in [2.75, 3.05) is 6.54 Å². The second-order valence-electron chi connectivity index (χ2n) is 5.25. The third kappa shape index (κ3) is 3.05. The van der Waals surface area contributed by atoms with E-state index in [-0.39, 0.29) is 5.82 Å². The van der Waals surface area contributed by atoms with E-state index in [0.29, 0.717) is 5.41 Å². The van der Waals surface area contributed by atoms with Gasteiger partial charge >= 0.3 is 0 Å². The molecule has 0 unspecified atom stereocenters. The minimum Gasteiger partial charge on any atom is -0.312 e. The summed E-state index contributed by atoms with van der Waals surface area (Å²) in [6, 6.07) is 6.74. The molecule has 2 rings (SSSR count). The molecular weight excluding hydrogens is 201 g/mol. The van der Waals surface area contributed by atoms with E-state index in [2.05, 4.69) is 12.2 Å². The maximum Gasteiger partial charge on any atom is 0.123 e. The summed E-state index contributed by atoms with van der Waals surface area (Å²) >= 11 is 0. The number of rotatable bonds is 4. The zero-order chi connectivity index (χ0) is 11.4. The molecule has 0 bridgehead atoms. The summed E-state index contributed by atoms with van der Waals surface area (Å²) in [6.45, 7) is 4.28. The van der Waals surface area contributed by atoms with Crippen molar-refractivity contribution < 1.29 is 4.39 Å². The molecule has 1 N–H and O–H groups in total. The lowest BCUT2D eigenvalue weighted by Crippen LogP contribution is -2.29. The summed E-state index contributed by atoms with van der Waals surface area (Å²) in [5.74, 6) is -0.161. The van der Waals surface area contributed by atoms with Crippen LogP contribution in [0.1, 0.15) is 38.2 Å². The highest BCUT2D eigenvalue weighted by Gasteiger charge is 2.27. The van der Waals surface area contributed by atoms with Crippen LogP contribution in [-0.2, 0) is 6.54 Å². The van der Waals surface area contributed by atoms with E-state index in [1.807, 2.05) is 12.1 Å². The first kappa shape index (κ1) is 11.6. The van der Waals surface area contributed by atoms with Crippen LogP contribution in [-0.4, -0.2) is 6.54 Å². The number of hydrogen-bond acceptors (Lipinski definition) is 1. The topological polar surface area (TPSA) is 12.0 Å². The van der Waals surface area contributed by atoms with Gasteiger partial charge in [-0.05, 0) is 36.0 Å². The highest BCUT2D eigenvalue weighted by Crippen LogP contribution is 2.36. The van der Waals surface area contributed by atoms with Gasteiger partial charge in [0, 0.05) is 13.1 Å². The molecule has 1 nitrogen and oxygen atoms in total. The SMILES string of the molecule is CC1(CNCc2ccc(F)cc2)CCCC1. The summed E-state index contributed by atoms with van der Waals surface area (Å²) in [7, 11) is 0. The van der Waals surface area contributed by atoms with Gasteiger partial charge in [0.25, 0.3) is 0 Å². The predicted molar refractivity (Wildman–Crippen MR) is 64.7 cm³/mol. The zero-order valence-corrected chi connectivity index (χ0v) is 9.93. The van der Waals surface area contributed by atoms with Crippen molar-refractivity contribution in [2.45, 2.75) is 39.2 Å². The molecule has 1 saturated carbocycles. The lowest BCUT2D eigenvalue weighted by atomic mass is 9.89. The summed E-state index contributed by atoms with van der Waals surface area (Å²) in [5, 5.41) is 3.48. The van der Waals surface area contributed by atoms with Crippen molar-refractivity contribution >= 4 is 0 Å². The Kier molecular flexibility index (Phi) is 3.59. The molecule has 0 aromatic heterocycles. The molecule has 88 valence electrons. The Bertz CT molecular complexity index is 325. The van der Waals surface area contributed by atoms with Gasteiger partial charge in [-0.1, -0.05) is 31.9 Å². The molecule has 1 fully saturated rings. The Morgan fingerprint density at radius 3 is 2.44 bits per heavy atom. The summed E-state index contributed by atoms with van der Waals surface area (Å²) in [4.78, 5) is 0. The highest BCUT2D eigenvalue weighted by atomic mass is 19.1. The Morgan fingerprint density at radius 2 is 1.81 bits per heavy atom. The molecule has 0 saturated heterocycles. The molecule has 1 aliphatic rings. The number of halogens is 1. The molecule has 1 aromatic carbocycles. The molecule has 0 amide bonds. The normalized spacial score (nSPS) is 18.9. The fraction of sp³-hybridized carbons (Fsp3) is 0.571. The molecule has 0 radical (unpaired) electrons. The van der Waals surface area contributed by atoms with Gasteiger partial charge in [0.2, 0.25) is 0 Å². The van der Waals surface area contributed by atoms with Crippen molar-refractivity contribution in [1.29, 1.82) is 0 Å². The van der Waals surface area contributed by atoms with Crippen LogP contribution in [0.3, 0.4) is 0 Å². The van der Waals surface area contributed by atoms with Gasteiger partial charge in [-0.15, -0.1) is 0 Å². The second-order valence-corrected chi connectivity index (χ2v) is 5.25. The van der Waals surface area contributed by atoms with Gasteiger partial charge in [-0.2, -0.15) is 0 Å². The zero-order valence-electron chi connectivity index (χ0n) is 9.93. The summed E-state index contributed by atoms with van der Waals surface area (Å²) in [6.07, 6.45) is 5.41. The first-order valence-corrected chi connectivity index (χ1v) is 6.13. The Balaban J connectivity index is 1.77. The van der Waals surface area contributed by atoms with Gasteiger partial charge in [-0.25, -0.2) is 4.39 Å². The lowest BCUT2D eigenvalue weighted by Gasteiger charge is -2.23. The molecule has 0 atom stereocenters. The van der Waals surface area contributed by atoms with E-state index in [1.54, 1.807) is 0 Å². The molecule has 1 aromatic rings. The van der Waals surface area contributed by atoms with E-state index in [0.717, 1.165) is 18.7 Å². The number of nitrogens with one attached hydrogen (secondary N) is 1. The molecule has 1 aliphatic carbocycles. The van der Waals surface area contributed by atoms with Crippen molar-refractivity contribution in [3.63, 3.8) is 0 Å². The van der Waals surface area contributed by atoms with E-state index >= 15 is 0 Å². The van der Waals surface area contributed by atoms with Crippen LogP contribution in [0.25, 0.3) is 0 Å². The maximum absolute atomic E-state index is 12.7. The smallest absolute Gasteiger partial charge is 0.123 e. The molecule has 0 aliphatic heterocycles. The maximum atomic E-state index is 12.7. The second kappa shape index (κ2) is 4.96. The largest absolute Gasteiger partial charge is 0.312 e. The van der Waals surface area contributed by atoms with E-state index < -0.39 is 0 Å². The third-order valence-corrected chi connectivity index (χ3v) is 3.60. The van der Waals surface area contributed by atoms with Crippen LogP contribution in [0.2, 0.25) is 0 Å². The first-order valence-electron chi connectivity index (χ1n) is 6.13. The molecule has 16 heavy (non-hydrogen) atoms. The number of hydrogen-bond donors (Lipinski definition) is 1. The average Bonchev–Trinajstić information content (AvgIpc) is 2.69. The van der Waals surface area contributed by atoms with E-state index in [4.69, 9.17) is 0 Å². The fourth-order valence-electron chi connectivity index (χ4n) is 2.52. The van der Waals surface area contributed by atoms with Crippen LogP contribution >= 0.6 is 0 Å². The summed E-state index contributed by atoms with van der Waals surface area (Å²) in [5.41, 5.74) is 1.64. The molecular formula is C14H20FN. The van der Waals surface area contributed by atoms with E-state index in [1.165, 1.54) is 37.8 Å². The minimum atomic E-state index is -0.161. The van der Waals surface area contributed by atoms with Crippen LogP contribution in [0.4, 0.5) is 4.39 Å². The predicted octanol–water partition coefficient (Wildman–Crippen LogP) is 3.50. The Morgan fingerprint density at radius 1 is 1.19 bits per heavy atom. The van der Waals surface area contributed by atoms with Gasteiger partial charge in [-0.3, -0.25) is 0 Å². The Labute approximate surface area is 97.1 Å².